The monoisotopic (exact) mass is 420 g/mol. The zero-order valence-electron chi connectivity index (χ0n) is 18.0. The molecule has 2 saturated heterocycles. The van der Waals surface area contributed by atoms with Crippen LogP contribution in [0.4, 0.5) is 5.69 Å². The van der Waals surface area contributed by atoms with Crippen LogP contribution in [0.2, 0.25) is 0 Å². The highest BCUT2D eigenvalue weighted by molar-refractivity contribution is 6.18. The maximum atomic E-state index is 12.9. The van der Waals surface area contributed by atoms with E-state index in [0.717, 1.165) is 12.8 Å². The second-order valence-electron chi connectivity index (χ2n) is 8.63. The van der Waals surface area contributed by atoms with E-state index in [2.05, 4.69) is 21.8 Å². The van der Waals surface area contributed by atoms with E-state index in [0.29, 0.717) is 42.8 Å². The summed E-state index contributed by atoms with van der Waals surface area (Å²) in [4.78, 5) is 37.7. The molecule has 4 heterocycles. The Bertz CT molecular complexity index is 1110. The molecular weight excluding hydrogens is 395 g/mol. The number of pyridine rings is 2. The Morgan fingerprint density at radius 3 is 2.68 bits per heavy atom. The van der Waals surface area contributed by atoms with E-state index in [4.69, 9.17) is 12.7 Å². The average Bonchev–Trinajstić information content (AvgIpc) is 2.75. The van der Waals surface area contributed by atoms with Crippen LogP contribution in [0.15, 0.2) is 17.1 Å². The first-order chi connectivity index (χ1) is 14.8. The van der Waals surface area contributed by atoms with Crippen molar-refractivity contribution in [2.24, 2.45) is 0 Å². The summed E-state index contributed by atoms with van der Waals surface area (Å²) in [6, 6.07) is 3.60. The zero-order chi connectivity index (χ0) is 22.3. The molecule has 0 bridgehead atoms. The van der Waals surface area contributed by atoms with Crippen LogP contribution in [-0.2, 0) is 4.74 Å². The number of aromatic amines is 1. The van der Waals surface area contributed by atoms with Gasteiger partial charge in [0, 0.05) is 44.7 Å². The van der Waals surface area contributed by atoms with Gasteiger partial charge in [-0.05, 0) is 32.9 Å². The summed E-state index contributed by atoms with van der Waals surface area (Å²) in [6.07, 6.45) is 2.97. The summed E-state index contributed by atoms with van der Waals surface area (Å²) in [5.41, 5.74) is 0.511. The van der Waals surface area contributed by atoms with Crippen LogP contribution in [0, 0.1) is 11.3 Å². The van der Waals surface area contributed by atoms with Gasteiger partial charge in [0.15, 0.2) is 0 Å². The topological polar surface area (TPSA) is 106 Å². The molecule has 1 amide bonds. The van der Waals surface area contributed by atoms with Crippen LogP contribution >= 0.6 is 0 Å². The normalized spacial score (nSPS) is 19.1. The minimum Gasteiger partial charge on any atom is -0.386 e. The molecule has 0 aromatic carbocycles. The number of amides is 1. The first-order valence-electron chi connectivity index (χ1n) is 10.3. The first-order valence-corrected chi connectivity index (χ1v) is 10.3. The van der Waals surface area contributed by atoms with Gasteiger partial charge in [0.1, 0.15) is 17.3 Å². The van der Waals surface area contributed by atoms with E-state index in [-0.39, 0.29) is 28.8 Å². The first kappa shape index (κ1) is 21.3. The molecule has 0 atom stereocenters. The van der Waals surface area contributed by atoms with Crippen molar-refractivity contribution in [2.75, 3.05) is 45.2 Å². The van der Waals surface area contributed by atoms with Crippen molar-refractivity contribution in [1.82, 2.24) is 19.7 Å². The Morgan fingerprint density at radius 2 is 2.10 bits per heavy atom. The molecular formula is C21H25BN6O3. The van der Waals surface area contributed by atoms with Gasteiger partial charge in [0.05, 0.1) is 23.0 Å². The Labute approximate surface area is 182 Å². The van der Waals surface area contributed by atoms with Gasteiger partial charge in [-0.3, -0.25) is 9.59 Å². The molecule has 2 fully saturated rings. The summed E-state index contributed by atoms with van der Waals surface area (Å²) in [5.74, 6) is -0.388. The molecule has 31 heavy (non-hydrogen) atoms. The predicted molar refractivity (Wildman–Crippen MR) is 117 cm³/mol. The standard InChI is InChI=1S/C21H25BN6O3/c1-21(31-3)4-6-27(7-5-21)18-14-8-16(20(30)28(22)13-11-26(2)12-13)24-10-17(14)25-19(29)15(18)9-23/h8,10,13H,4-7,11-12H2,1-3H3,(H,25,29). The fourth-order valence-corrected chi connectivity index (χ4v) is 4.27. The number of nitriles is 1. The molecule has 2 radical (unpaired) electrons. The summed E-state index contributed by atoms with van der Waals surface area (Å²) in [6.45, 7) is 4.72. The number of hydrogen-bond donors (Lipinski definition) is 1. The van der Waals surface area contributed by atoms with E-state index in [1.807, 2.05) is 18.0 Å². The summed E-state index contributed by atoms with van der Waals surface area (Å²) in [5, 5.41) is 10.3. The number of ether oxygens (including phenoxy) is 1. The van der Waals surface area contributed by atoms with Gasteiger partial charge in [0.2, 0.25) is 7.98 Å². The third kappa shape index (κ3) is 3.79. The number of carbonyl (C=O) groups excluding carboxylic acids is 1. The van der Waals surface area contributed by atoms with Crippen molar-refractivity contribution in [1.29, 1.82) is 5.26 Å². The van der Waals surface area contributed by atoms with E-state index in [1.165, 1.54) is 11.0 Å². The van der Waals surface area contributed by atoms with Crippen LogP contribution in [0.1, 0.15) is 35.8 Å². The summed E-state index contributed by atoms with van der Waals surface area (Å²) >= 11 is 0. The molecule has 1 N–H and O–H groups in total. The fourth-order valence-electron chi connectivity index (χ4n) is 4.27. The number of nitrogens with zero attached hydrogens (tertiary/aromatic N) is 5. The molecule has 0 aliphatic carbocycles. The average molecular weight is 420 g/mol. The van der Waals surface area contributed by atoms with Crippen LogP contribution in [0.3, 0.4) is 0 Å². The van der Waals surface area contributed by atoms with Crippen LogP contribution in [0.25, 0.3) is 10.9 Å². The number of carbonyl (C=O) groups is 1. The number of piperidine rings is 1. The maximum absolute atomic E-state index is 12.9. The lowest BCUT2D eigenvalue weighted by Gasteiger charge is -2.42. The number of likely N-dealkylation sites (N-methyl/N-ethyl adjacent to an activating group) is 1. The van der Waals surface area contributed by atoms with Crippen LogP contribution in [0.5, 0.6) is 0 Å². The van der Waals surface area contributed by atoms with Crippen LogP contribution in [-0.4, -0.2) is 85.5 Å². The Hall–Kier alpha value is -2.90. The number of rotatable bonds is 4. The minimum atomic E-state index is -0.469. The van der Waals surface area contributed by atoms with Crippen LogP contribution < -0.4 is 10.5 Å². The summed E-state index contributed by atoms with van der Waals surface area (Å²) in [7, 11) is 9.71. The molecule has 2 aromatic rings. The Kier molecular flexibility index (Phi) is 5.50. The second-order valence-corrected chi connectivity index (χ2v) is 8.63. The largest absolute Gasteiger partial charge is 0.386 e. The van der Waals surface area contributed by atoms with Crippen molar-refractivity contribution in [2.45, 2.75) is 31.4 Å². The third-order valence-electron chi connectivity index (χ3n) is 6.50. The second kappa shape index (κ2) is 7.98. The van der Waals surface area contributed by atoms with Crippen molar-refractivity contribution in [3.63, 3.8) is 0 Å². The number of aromatic nitrogens is 2. The van der Waals surface area contributed by atoms with Gasteiger partial charge < -0.3 is 24.3 Å². The predicted octanol–water partition coefficient (Wildman–Crippen LogP) is 0.640. The fraction of sp³-hybridized carbons (Fsp3) is 0.524. The highest BCUT2D eigenvalue weighted by Gasteiger charge is 2.33. The molecule has 10 heteroatoms. The van der Waals surface area contributed by atoms with Gasteiger partial charge in [-0.2, -0.15) is 5.26 Å². The number of hydrogen-bond acceptors (Lipinski definition) is 7. The smallest absolute Gasteiger partial charge is 0.268 e. The Morgan fingerprint density at radius 1 is 1.42 bits per heavy atom. The lowest BCUT2D eigenvalue weighted by molar-refractivity contribution is -0.0132. The minimum absolute atomic E-state index is 0.0309. The van der Waals surface area contributed by atoms with E-state index in [9.17, 15) is 14.9 Å². The van der Waals surface area contributed by atoms with E-state index >= 15 is 0 Å². The molecule has 2 aliphatic rings. The molecule has 2 aromatic heterocycles. The lowest BCUT2D eigenvalue weighted by atomic mass is 9.92. The number of anilines is 1. The highest BCUT2D eigenvalue weighted by atomic mass is 16.5. The molecule has 9 nitrogen and oxygen atoms in total. The highest BCUT2D eigenvalue weighted by Crippen LogP contribution is 2.33. The quantitative estimate of drug-likeness (QED) is 0.724. The maximum Gasteiger partial charge on any atom is 0.268 e. The molecule has 2 aliphatic heterocycles. The van der Waals surface area contributed by atoms with Crippen molar-refractivity contribution < 1.29 is 9.53 Å². The third-order valence-corrected chi connectivity index (χ3v) is 6.50. The van der Waals surface area contributed by atoms with E-state index < -0.39 is 5.56 Å². The number of likely N-dealkylation sites (tertiary alicyclic amines) is 1. The van der Waals surface area contributed by atoms with E-state index in [1.54, 1.807) is 13.2 Å². The molecule has 0 saturated carbocycles. The van der Waals surface area contributed by atoms with Gasteiger partial charge in [-0.1, -0.05) is 0 Å². The van der Waals surface area contributed by atoms with Crippen molar-refractivity contribution in [3.8, 4) is 6.07 Å². The Balaban J connectivity index is 1.75. The number of nitrogens with one attached hydrogen (secondary N) is 1. The number of fused-ring (bicyclic) bond motifs is 1. The number of H-pyrrole nitrogens is 1. The number of methoxy groups -OCH3 is 1. The summed E-state index contributed by atoms with van der Waals surface area (Å²) < 4.78 is 5.62. The van der Waals surface area contributed by atoms with Gasteiger partial charge in [0.25, 0.3) is 11.5 Å². The lowest BCUT2D eigenvalue weighted by Crippen LogP contribution is -2.58. The van der Waals surface area contributed by atoms with Crippen molar-refractivity contribution >= 4 is 30.5 Å². The molecule has 0 unspecified atom stereocenters. The molecule has 4 rings (SSSR count). The molecule has 160 valence electrons. The molecule has 0 spiro atoms. The van der Waals surface area contributed by atoms with Crippen molar-refractivity contribution in [3.05, 3.63) is 33.9 Å². The van der Waals surface area contributed by atoms with Gasteiger partial charge >= 0.3 is 0 Å². The zero-order valence-corrected chi connectivity index (χ0v) is 18.0. The van der Waals surface area contributed by atoms with Gasteiger partial charge in [-0.15, -0.1) is 0 Å². The SMILES string of the molecule is [B]N(C(=O)c1cc2c(N3CCC(C)(OC)CC3)c(C#N)c(=O)[nH]c2cn1)C1CN(C)C1. The van der Waals surface area contributed by atoms with Gasteiger partial charge in [-0.25, -0.2) is 4.98 Å².